The van der Waals surface area contributed by atoms with Gasteiger partial charge in [0.05, 0.1) is 0 Å². The van der Waals surface area contributed by atoms with Gasteiger partial charge < -0.3 is 10.3 Å². The van der Waals surface area contributed by atoms with E-state index in [2.05, 4.69) is 23.9 Å². The zero-order valence-electron chi connectivity index (χ0n) is 10.7. The van der Waals surface area contributed by atoms with Crippen LogP contribution in [0.15, 0.2) is 24.4 Å². The highest BCUT2D eigenvalue weighted by atomic mass is 35.5. The van der Waals surface area contributed by atoms with Gasteiger partial charge in [-0.05, 0) is 43.0 Å². The Morgan fingerprint density at radius 1 is 1.44 bits per heavy atom. The van der Waals surface area contributed by atoms with Gasteiger partial charge in [-0.2, -0.15) is 0 Å². The molecule has 0 saturated heterocycles. The predicted molar refractivity (Wildman–Crippen MR) is 77.1 cm³/mol. The Bertz CT molecular complexity index is 569. The van der Waals surface area contributed by atoms with Crippen molar-refractivity contribution in [3.8, 4) is 0 Å². The summed E-state index contributed by atoms with van der Waals surface area (Å²) in [6.07, 6.45) is 6.24. The summed E-state index contributed by atoms with van der Waals surface area (Å²) in [7, 11) is 2.08. The Kier molecular flexibility index (Phi) is 3.08. The third kappa shape index (κ3) is 1.84. The van der Waals surface area contributed by atoms with Crippen molar-refractivity contribution in [3.05, 3.63) is 35.0 Å². The first-order chi connectivity index (χ1) is 8.70. The normalized spacial score (nSPS) is 17.9. The first-order valence-corrected chi connectivity index (χ1v) is 7.03. The highest BCUT2D eigenvalue weighted by Crippen LogP contribution is 2.41. The molecule has 0 bridgehead atoms. The van der Waals surface area contributed by atoms with Crippen LogP contribution in [0.1, 0.15) is 30.7 Å². The highest BCUT2D eigenvalue weighted by molar-refractivity contribution is 6.31. The summed E-state index contributed by atoms with van der Waals surface area (Å²) in [6.45, 7) is 0.742. The fourth-order valence-corrected chi connectivity index (χ4v) is 3.27. The van der Waals surface area contributed by atoms with Crippen molar-refractivity contribution in [1.29, 1.82) is 0 Å². The summed E-state index contributed by atoms with van der Waals surface area (Å²) in [4.78, 5) is 0. The standard InChI is InChI=1S/C15H19ClN2/c1-18-9-14(13(8-17)10-3-2-4-10)12-6-5-11(16)7-15(12)18/h5-7,9-10,13H,2-4,8,17H2,1H3. The molecule has 2 aromatic rings. The molecule has 1 heterocycles. The average Bonchev–Trinajstić information content (AvgIpc) is 2.61. The van der Waals surface area contributed by atoms with Crippen molar-refractivity contribution >= 4 is 22.5 Å². The number of fused-ring (bicyclic) bond motifs is 1. The maximum atomic E-state index is 6.08. The van der Waals surface area contributed by atoms with Gasteiger partial charge in [0.2, 0.25) is 0 Å². The lowest BCUT2D eigenvalue weighted by atomic mass is 9.73. The summed E-state index contributed by atoms with van der Waals surface area (Å²) in [5.74, 6) is 1.28. The first kappa shape index (κ1) is 12.1. The van der Waals surface area contributed by atoms with Gasteiger partial charge in [-0.1, -0.05) is 24.1 Å². The van der Waals surface area contributed by atoms with Gasteiger partial charge in [-0.3, -0.25) is 0 Å². The van der Waals surface area contributed by atoms with Gasteiger partial charge in [-0.15, -0.1) is 0 Å². The van der Waals surface area contributed by atoms with Crippen LogP contribution in [0.2, 0.25) is 5.02 Å². The van der Waals surface area contributed by atoms with E-state index in [-0.39, 0.29) is 0 Å². The molecule has 1 aliphatic rings. The van der Waals surface area contributed by atoms with Crippen LogP contribution in [-0.4, -0.2) is 11.1 Å². The number of nitrogens with two attached hydrogens (primary N) is 1. The van der Waals surface area contributed by atoms with Crippen LogP contribution in [-0.2, 0) is 7.05 Å². The molecule has 0 aliphatic heterocycles. The number of hydrogen-bond acceptors (Lipinski definition) is 1. The molecule has 1 aromatic heterocycles. The molecule has 18 heavy (non-hydrogen) atoms. The third-order valence-corrected chi connectivity index (χ3v) is 4.59. The van der Waals surface area contributed by atoms with Crippen molar-refractivity contribution in [1.82, 2.24) is 4.57 Å². The molecule has 0 spiro atoms. The average molecular weight is 263 g/mol. The van der Waals surface area contributed by atoms with Gasteiger partial charge in [0.1, 0.15) is 0 Å². The van der Waals surface area contributed by atoms with E-state index in [4.69, 9.17) is 17.3 Å². The van der Waals surface area contributed by atoms with Crippen LogP contribution in [0.3, 0.4) is 0 Å². The molecular weight excluding hydrogens is 244 g/mol. The van der Waals surface area contributed by atoms with Gasteiger partial charge >= 0.3 is 0 Å². The molecule has 1 aliphatic carbocycles. The molecule has 0 amide bonds. The van der Waals surface area contributed by atoms with Crippen LogP contribution < -0.4 is 5.73 Å². The van der Waals surface area contributed by atoms with Crippen LogP contribution in [0.4, 0.5) is 0 Å². The molecule has 1 saturated carbocycles. The summed E-state index contributed by atoms with van der Waals surface area (Å²) < 4.78 is 2.16. The monoisotopic (exact) mass is 262 g/mol. The van der Waals surface area contributed by atoms with E-state index in [9.17, 15) is 0 Å². The van der Waals surface area contributed by atoms with E-state index in [1.807, 2.05) is 12.1 Å². The largest absolute Gasteiger partial charge is 0.350 e. The number of hydrogen-bond donors (Lipinski definition) is 1. The van der Waals surface area contributed by atoms with Crippen molar-refractivity contribution in [3.63, 3.8) is 0 Å². The SMILES string of the molecule is Cn1cc(C(CN)C2CCC2)c2ccc(Cl)cc21. The smallest absolute Gasteiger partial charge is 0.0495 e. The summed E-state index contributed by atoms with van der Waals surface area (Å²) in [5.41, 5.74) is 8.61. The lowest BCUT2D eigenvalue weighted by Crippen LogP contribution is -2.26. The lowest BCUT2D eigenvalue weighted by molar-refractivity contribution is 0.265. The van der Waals surface area contributed by atoms with Crippen LogP contribution >= 0.6 is 11.6 Å². The fourth-order valence-electron chi connectivity index (χ4n) is 3.10. The second kappa shape index (κ2) is 4.60. The molecule has 2 nitrogen and oxygen atoms in total. The molecule has 2 N–H and O–H groups in total. The third-order valence-electron chi connectivity index (χ3n) is 4.36. The van der Waals surface area contributed by atoms with Gasteiger partial charge in [0, 0.05) is 35.1 Å². The molecule has 0 radical (unpaired) electrons. The second-order valence-electron chi connectivity index (χ2n) is 5.39. The summed E-state index contributed by atoms with van der Waals surface area (Å²) >= 11 is 6.08. The van der Waals surface area contributed by atoms with Crippen molar-refractivity contribution in [2.24, 2.45) is 18.7 Å². The fraction of sp³-hybridized carbons (Fsp3) is 0.467. The van der Waals surface area contributed by atoms with Crippen molar-refractivity contribution in [2.75, 3.05) is 6.54 Å². The van der Waals surface area contributed by atoms with E-state index in [1.165, 1.54) is 35.7 Å². The predicted octanol–water partition coefficient (Wildman–Crippen LogP) is 3.67. The Labute approximate surface area is 113 Å². The van der Waals surface area contributed by atoms with Crippen LogP contribution in [0.25, 0.3) is 10.9 Å². The van der Waals surface area contributed by atoms with Crippen LogP contribution in [0.5, 0.6) is 0 Å². The van der Waals surface area contributed by atoms with Gasteiger partial charge in [0.25, 0.3) is 0 Å². The number of halogens is 1. The van der Waals surface area contributed by atoms with E-state index >= 15 is 0 Å². The molecule has 3 rings (SSSR count). The highest BCUT2D eigenvalue weighted by Gasteiger charge is 2.29. The Balaban J connectivity index is 2.10. The van der Waals surface area contributed by atoms with E-state index in [0.717, 1.165) is 17.5 Å². The maximum absolute atomic E-state index is 6.08. The number of rotatable bonds is 3. The minimum absolute atomic E-state index is 0.503. The number of benzene rings is 1. The summed E-state index contributed by atoms with van der Waals surface area (Å²) in [5, 5.41) is 2.10. The Morgan fingerprint density at radius 2 is 2.22 bits per heavy atom. The minimum atomic E-state index is 0.503. The van der Waals surface area contributed by atoms with E-state index in [1.54, 1.807) is 0 Å². The molecule has 96 valence electrons. The van der Waals surface area contributed by atoms with Crippen LogP contribution in [0, 0.1) is 5.92 Å². The lowest BCUT2D eigenvalue weighted by Gasteiger charge is -2.33. The first-order valence-electron chi connectivity index (χ1n) is 6.65. The Morgan fingerprint density at radius 3 is 2.83 bits per heavy atom. The Hall–Kier alpha value is -0.990. The van der Waals surface area contributed by atoms with E-state index < -0.39 is 0 Å². The van der Waals surface area contributed by atoms with Crippen molar-refractivity contribution < 1.29 is 0 Å². The number of aryl methyl sites for hydroxylation is 1. The molecule has 1 fully saturated rings. The second-order valence-corrected chi connectivity index (χ2v) is 5.83. The zero-order valence-corrected chi connectivity index (χ0v) is 11.5. The van der Waals surface area contributed by atoms with Gasteiger partial charge in [-0.25, -0.2) is 0 Å². The number of nitrogens with zero attached hydrogens (tertiary/aromatic N) is 1. The van der Waals surface area contributed by atoms with Crippen molar-refractivity contribution in [2.45, 2.75) is 25.2 Å². The molecule has 3 heteroatoms. The molecule has 1 aromatic carbocycles. The zero-order chi connectivity index (χ0) is 12.7. The molecule has 1 atom stereocenters. The topological polar surface area (TPSA) is 30.9 Å². The quantitative estimate of drug-likeness (QED) is 0.899. The molecular formula is C15H19ClN2. The van der Waals surface area contributed by atoms with Gasteiger partial charge in [0.15, 0.2) is 0 Å². The number of aromatic nitrogens is 1. The maximum Gasteiger partial charge on any atom is 0.0495 e. The molecule has 1 unspecified atom stereocenters. The summed E-state index contributed by atoms with van der Waals surface area (Å²) in [6, 6.07) is 6.14. The minimum Gasteiger partial charge on any atom is -0.350 e. The van der Waals surface area contributed by atoms with E-state index in [0.29, 0.717) is 5.92 Å².